The molecule has 0 radical (unpaired) electrons. The summed E-state index contributed by atoms with van der Waals surface area (Å²) in [5, 5.41) is 9.60. The standard InChI is InChI=1S/C6H2ClF2NO2/c7-3-1-6(10(11)12)5(9)2-4(3)8/h1-2H. The second-order valence-electron chi connectivity index (χ2n) is 1.97. The van der Waals surface area contributed by atoms with Gasteiger partial charge >= 0.3 is 5.69 Å². The van der Waals surface area contributed by atoms with Crippen molar-refractivity contribution in [2.75, 3.05) is 0 Å². The van der Waals surface area contributed by atoms with E-state index in [1.165, 1.54) is 0 Å². The number of nitro groups is 1. The number of nitrogens with zero attached hydrogens (tertiary/aromatic N) is 1. The molecule has 1 aromatic rings. The van der Waals surface area contributed by atoms with Gasteiger partial charge < -0.3 is 0 Å². The Morgan fingerprint density at radius 1 is 1.33 bits per heavy atom. The molecule has 64 valence electrons. The van der Waals surface area contributed by atoms with Gasteiger partial charge in [-0.2, -0.15) is 4.39 Å². The normalized spacial score (nSPS) is 9.92. The van der Waals surface area contributed by atoms with Crippen LogP contribution in [0.5, 0.6) is 0 Å². The molecule has 0 saturated carbocycles. The summed E-state index contributed by atoms with van der Waals surface area (Å²) < 4.78 is 25.0. The predicted molar refractivity (Wildman–Crippen MR) is 38.0 cm³/mol. The molecule has 0 fully saturated rings. The maximum atomic E-state index is 12.5. The van der Waals surface area contributed by atoms with Crippen molar-refractivity contribution in [3.05, 3.63) is 38.9 Å². The number of hydrogen-bond acceptors (Lipinski definition) is 2. The molecule has 0 heterocycles. The zero-order valence-corrected chi connectivity index (χ0v) is 6.31. The van der Waals surface area contributed by atoms with Crippen molar-refractivity contribution in [3.63, 3.8) is 0 Å². The minimum atomic E-state index is -1.23. The molecule has 0 aliphatic rings. The summed E-state index contributed by atoms with van der Waals surface area (Å²) in [6.45, 7) is 0. The van der Waals surface area contributed by atoms with E-state index in [2.05, 4.69) is 0 Å². The van der Waals surface area contributed by atoms with E-state index in [0.29, 0.717) is 12.1 Å². The fourth-order valence-corrected chi connectivity index (χ4v) is 0.810. The predicted octanol–water partition coefficient (Wildman–Crippen LogP) is 2.53. The van der Waals surface area contributed by atoms with Gasteiger partial charge in [0.15, 0.2) is 0 Å². The van der Waals surface area contributed by atoms with Gasteiger partial charge in [-0.3, -0.25) is 10.1 Å². The van der Waals surface area contributed by atoms with E-state index >= 15 is 0 Å². The fraction of sp³-hybridized carbons (Fsp3) is 0. The first-order valence-electron chi connectivity index (χ1n) is 2.81. The number of hydrogen-bond donors (Lipinski definition) is 0. The zero-order valence-electron chi connectivity index (χ0n) is 5.55. The van der Waals surface area contributed by atoms with Crippen molar-refractivity contribution in [1.29, 1.82) is 0 Å². The van der Waals surface area contributed by atoms with E-state index in [1.54, 1.807) is 0 Å². The molecule has 1 aromatic carbocycles. The molecular weight excluding hydrogens is 192 g/mol. The number of nitro benzene ring substituents is 1. The largest absolute Gasteiger partial charge is 0.306 e. The smallest absolute Gasteiger partial charge is 0.258 e. The molecule has 0 saturated heterocycles. The van der Waals surface area contributed by atoms with Crippen LogP contribution in [0.3, 0.4) is 0 Å². The van der Waals surface area contributed by atoms with E-state index in [4.69, 9.17) is 11.6 Å². The lowest BCUT2D eigenvalue weighted by molar-refractivity contribution is -0.387. The van der Waals surface area contributed by atoms with Gasteiger partial charge in [0.05, 0.1) is 9.95 Å². The van der Waals surface area contributed by atoms with Gasteiger partial charge in [0.1, 0.15) is 5.82 Å². The van der Waals surface area contributed by atoms with Crippen molar-refractivity contribution < 1.29 is 13.7 Å². The lowest BCUT2D eigenvalue weighted by Gasteiger charge is -1.95. The average Bonchev–Trinajstić information content (AvgIpc) is 1.96. The minimum absolute atomic E-state index is 0.375. The van der Waals surface area contributed by atoms with Crippen molar-refractivity contribution >= 4 is 17.3 Å². The van der Waals surface area contributed by atoms with E-state index in [9.17, 15) is 18.9 Å². The first kappa shape index (κ1) is 8.86. The summed E-state index contributed by atoms with van der Waals surface area (Å²) >= 11 is 5.18. The van der Waals surface area contributed by atoms with Crippen molar-refractivity contribution in [2.45, 2.75) is 0 Å². The molecular formula is C6H2ClF2NO2. The van der Waals surface area contributed by atoms with E-state index in [1.807, 2.05) is 0 Å². The van der Waals surface area contributed by atoms with E-state index in [-0.39, 0.29) is 0 Å². The Labute approximate surface area is 70.7 Å². The van der Waals surface area contributed by atoms with Gasteiger partial charge in [0.2, 0.25) is 5.82 Å². The van der Waals surface area contributed by atoms with Crippen molar-refractivity contribution in [2.24, 2.45) is 0 Å². The highest BCUT2D eigenvalue weighted by Crippen LogP contribution is 2.24. The highest BCUT2D eigenvalue weighted by molar-refractivity contribution is 6.30. The Hall–Kier alpha value is -1.23. The molecule has 0 N–H and O–H groups in total. The van der Waals surface area contributed by atoms with E-state index in [0.717, 1.165) is 0 Å². The van der Waals surface area contributed by atoms with Crippen LogP contribution < -0.4 is 0 Å². The lowest BCUT2D eigenvalue weighted by Crippen LogP contribution is -1.93. The summed E-state index contributed by atoms with van der Waals surface area (Å²) in [6.07, 6.45) is 0. The van der Waals surface area contributed by atoms with Crippen LogP contribution >= 0.6 is 11.6 Å². The Morgan fingerprint density at radius 2 is 1.92 bits per heavy atom. The van der Waals surface area contributed by atoms with Gasteiger partial charge in [0.25, 0.3) is 0 Å². The SMILES string of the molecule is O=[N+]([O-])c1cc(Cl)c(F)cc1F. The third kappa shape index (κ3) is 1.50. The lowest BCUT2D eigenvalue weighted by atomic mass is 10.3. The molecule has 3 nitrogen and oxygen atoms in total. The van der Waals surface area contributed by atoms with Gasteiger partial charge in [-0.25, -0.2) is 4.39 Å². The second kappa shape index (κ2) is 3.02. The maximum Gasteiger partial charge on any atom is 0.306 e. The van der Waals surface area contributed by atoms with Gasteiger partial charge in [-0.05, 0) is 0 Å². The van der Waals surface area contributed by atoms with Crippen LogP contribution in [0.25, 0.3) is 0 Å². The number of halogens is 3. The van der Waals surface area contributed by atoms with Crippen molar-refractivity contribution in [1.82, 2.24) is 0 Å². The Kier molecular flexibility index (Phi) is 2.23. The molecule has 6 heteroatoms. The fourth-order valence-electron chi connectivity index (χ4n) is 0.652. The summed E-state index contributed by atoms with van der Waals surface area (Å²) in [4.78, 5) is 9.10. The van der Waals surface area contributed by atoms with Crippen molar-refractivity contribution in [3.8, 4) is 0 Å². The topological polar surface area (TPSA) is 43.1 Å². The molecule has 0 aliphatic heterocycles. The van der Waals surface area contributed by atoms with Crippen LogP contribution in [0.2, 0.25) is 5.02 Å². The molecule has 0 unspecified atom stereocenters. The molecule has 0 aromatic heterocycles. The summed E-state index contributed by atoms with van der Waals surface area (Å²) in [7, 11) is 0. The Balaban J connectivity index is 3.33. The van der Waals surface area contributed by atoms with Crippen LogP contribution in [0.15, 0.2) is 12.1 Å². The van der Waals surface area contributed by atoms with Gasteiger partial charge in [0, 0.05) is 12.1 Å². The third-order valence-electron chi connectivity index (χ3n) is 1.19. The monoisotopic (exact) mass is 193 g/mol. The Bertz CT molecular complexity index is 343. The maximum absolute atomic E-state index is 12.5. The number of rotatable bonds is 1. The second-order valence-corrected chi connectivity index (χ2v) is 2.38. The van der Waals surface area contributed by atoms with Crippen LogP contribution in [-0.2, 0) is 0 Å². The number of benzene rings is 1. The minimum Gasteiger partial charge on any atom is -0.258 e. The summed E-state index contributed by atoms with van der Waals surface area (Å²) in [6, 6.07) is 1.01. The third-order valence-corrected chi connectivity index (χ3v) is 1.48. The molecule has 0 spiro atoms. The molecule has 0 bridgehead atoms. The van der Waals surface area contributed by atoms with Crippen LogP contribution in [0.4, 0.5) is 14.5 Å². The highest BCUT2D eigenvalue weighted by atomic mass is 35.5. The molecule has 1 rings (SSSR count). The first-order chi connectivity index (χ1) is 5.52. The molecule has 0 aliphatic carbocycles. The van der Waals surface area contributed by atoms with Gasteiger partial charge in [-0.1, -0.05) is 11.6 Å². The van der Waals surface area contributed by atoms with Crippen LogP contribution in [-0.4, -0.2) is 4.92 Å². The van der Waals surface area contributed by atoms with Crippen LogP contribution in [0.1, 0.15) is 0 Å². The Morgan fingerprint density at radius 3 is 2.42 bits per heavy atom. The molecule has 0 amide bonds. The van der Waals surface area contributed by atoms with E-state index < -0.39 is 27.3 Å². The highest BCUT2D eigenvalue weighted by Gasteiger charge is 2.16. The summed E-state index contributed by atoms with van der Waals surface area (Å²) in [5.41, 5.74) is -0.832. The zero-order chi connectivity index (χ0) is 9.30. The average molecular weight is 194 g/mol. The van der Waals surface area contributed by atoms with Crippen LogP contribution in [0, 0.1) is 21.7 Å². The van der Waals surface area contributed by atoms with Gasteiger partial charge in [-0.15, -0.1) is 0 Å². The summed E-state index contributed by atoms with van der Waals surface area (Å²) in [5.74, 6) is -2.25. The quantitative estimate of drug-likeness (QED) is 0.391. The first-order valence-corrected chi connectivity index (χ1v) is 3.19. The molecule has 0 atom stereocenters. The molecule has 12 heavy (non-hydrogen) atoms.